The number of rotatable bonds is 2. The predicted molar refractivity (Wildman–Crippen MR) is 65.3 cm³/mol. The number of nitrogens with two attached hydrogens (primary N) is 1. The zero-order valence-corrected chi connectivity index (χ0v) is 9.83. The molecule has 0 saturated carbocycles. The summed E-state index contributed by atoms with van der Waals surface area (Å²) >= 11 is 0. The van der Waals surface area contributed by atoms with Crippen LogP contribution < -0.4 is 10.6 Å². The summed E-state index contributed by atoms with van der Waals surface area (Å²) in [6, 6.07) is 7.41. The van der Waals surface area contributed by atoms with Gasteiger partial charge in [-0.3, -0.25) is 0 Å². The van der Waals surface area contributed by atoms with Gasteiger partial charge in [-0.2, -0.15) is 0 Å². The Hall–Kier alpha value is -1.02. The monoisotopic (exact) mass is 204 g/mol. The van der Waals surface area contributed by atoms with Crippen molar-refractivity contribution < 1.29 is 0 Å². The van der Waals surface area contributed by atoms with Crippen LogP contribution in [-0.4, -0.2) is 19.1 Å². The summed E-state index contributed by atoms with van der Waals surface area (Å²) in [5.74, 6) is 0. The van der Waals surface area contributed by atoms with Gasteiger partial charge >= 0.3 is 0 Å². The Labute approximate surface area is 92.1 Å². The number of likely N-dealkylation sites (N-methyl/N-ethyl adjacent to an activating group) is 1. The summed E-state index contributed by atoms with van der Waals surface area (Å²) < 4.78 is 0. The van der Waals surface area contributed by atoms with Crippen LogP contribution in [0.4, 0.5) is 5.69 Å². The number of fused-ring (bicyclic) bond motifs is 1. The molecule has 2 nitrogen and oxygen atoms in total. The van der Waals surface area contributed by atoms with Crippen LogP contribution in [-0.2, 0) is 6.42 Å². The quantitative estimate of drug-likeness (QED) is 0.799. The lowest BCUT2D eigenvalue weighted by molar-refractivity contribution is 0.543. The van der Waals surface area contributed by atoms with Crippen molar-refractivity contribution in [1.29, 1.82) is 0 Å². The average Bonchev–Trinajstić information content (AvgIpc) is 2.46. The second-order valence-corrected chi connectivity index (χ2v) is 4.75. The van der Waals surface area contributed by atoms with Gasteiger partial charge in [0.2, 0.25) is 0 Å². The first-order chi connectivity index (χ1) is 7.09. The Morgan fingerprint density at radius 1 is 1.53 bits per heavy atom. The van der Waals surface area contributed by atoms with E-state index >= 15 is 0 Å². The minimum atomic E-state index is 0.284. The van der Waals surface area contributed by atoms with Crippen LogP contribution in [0.5, 0.6) is 0 Å². The molecule has 0 fully saturated rings. The lowest BCUT2D eigenvalue weighted by atomic mass is 10.0. The molecule has 1 aromatic rings. The van der Waals surface area contributed by atoms with Crippen LogP contribution in [0.2, 0.25) is 0 Å². The van der Waals surface area contributed by atoms with Gasteiger partial charge in [0.05, 0.1) is 0 Å². The fraction of sp³-hybridized carbons (Fsp3) is 0.538. The van der Waals surface area contributed by atoms with Crippen molar-refractivity contribution in [3.8, 4) is 0 Å². The Morgan fingerprint density at radius 2 is 2.27 bits per heavy atom. The van der Waals surface area contributed by atoms with Gasteiger partial charge in [0, 0.05) is 24.8 Å². The largest absolute Gasteiger partial charge is 0.371 e. The third kappa shape index (κ3) is 1.86. The predicted octanol–water partition coefficient (Wildman–Crippen LogP) is 2.09. The van der Waals surface area contributed by atoms with Crippen LogP contribution in [0.3, 0.4) is 0 Å². The summed E-state index contributed by atoms with van der Waals surface area (Å²) in [6.45, 7) is 4.28. The standard InChI is InChI=1S/C13H20N2/c1-9-5-4-6-13-12(9)8-11(15(13)3)7-10(2)14/h4-6,10-11H,7-8,14H2,1-3H3. The topological polar surface area (TPSA) is 29.3 Å². The summed E-state index contributed by atoms with van der Waals surface area (Å²) in [4.78, 5) is 2.38. The highest BCUT2D eigenvalue weighted by molar-refractivity contribution is 5.61. The van der Waals surface area contributed by atoms with E-state index in [1.165, 1.54) is 16.8 Å². The van der Waals surface area contributed by atoms with Gasteiger partial charge in [0.15, 0.2) is 0 Å². The Kier molecular flexibility index (Phi) is 2.70. The normalized spacial score (nSPS) is 21.6. The van der Waals surface area contributed by atoms with Gasteiger partial charge in [-0.1, -0.05) is 12.1 Å². The molecule has 1 aliphatic heterocycles. The van der Waals surface area contributed by atoms with E-state index in [-0.39, 0.29) is 6.04 Å². The number of nitrogens with zero attached hydrogens (tertiary/aromatic N) is 1. The van der Waals surface area contributed by atoms with Gasteiger partial charge in [0.25, 0.3) is 0 Å². The number of benzene rings is 1. The molecule has 0 aromatic heterocycles. The highest BCUT2D eigenvalue weighted by Gasteiger charge is 2.27. The molecule has 0 amide bonds. The molecule has 0 saturated heterocycles. The summed E-state index contributed by atoms with van der Waals surface area (Å²) in [5, 5.41) is 0. The van der Waals surface area contributed by atoms with Gasteiger partial charge in [-0.25, -0.2) is 0 Å². The lowest BCUT2D eigenvalue weighted by Gasteiger charge is -2.23. The van der Waals surface area contributed by atoms with Gasteiger partial charge in [-0.05, 0) is 43.9 Å². The van der Waals surface area contributed by atoms with Crippen LogP contribution in [0.25, 0.3) is 0 Å². The average molecular weight is 204 g/mol. The molecule has 0 bridgehead atoms. The molecule has 82 valence electrons. The van der Waals surface area contributed by atoms with E-state index in [0.29, 0.717) is 6.04 Å². The second kappa shape index (κ2) is 3.86. The van der Waals surface area contributed by atoms with E-state index in [2.05, 4.69) is 44.0 Å². The molecule has 2 unspecified atom stereocenters. The molecule has 15 heavy (non-hydrogen) atoms. The maximum atomic E-state index is 5.88. The zero-order chi connectivity index (χ0) is 11.0. The van der Waals surface area contributed by atoms with E-state index in [4.69, 9.17) is 5.73 Å². The van der Waals surface area contributed by atoms with Crippen molar-refractivity contribution in [2.75, 3.05) is 11.9 Å². The van der Waals surface area contributed by atoms with Crippen LogP contribution in [0.15, 0.2) is 18.2 Å². The maximum Gasteiger partial charge on any atom is 0.0402 e. The number of aryl methyl sites for hydroxylation is 1. The van der Waals surface area contributed by atoms with E-state index in [0.717, 1.165) is 12.8 Å². The molecular formula is C13H20N2. The van der Waals surface area contributed by atoms with E-state index < -0.39 is 0 Å². The molecule has 2 atom stereocenters. The Morgan fingerprint density at radius 3 is 2.87 bits per heavy atom. The third-order valence-corrected chi connectivity index (χ3v) is 3.40. The Balaban J connectivity index is 2.25. The zero-order valence-electron chi connectivity index (χ0n) is 9.83. The second-order valence-electron chi connectivity index (χ2n) is 4.75. The molecule has 2 heteroatoms. The van der Waals surface area contributed by atoms with E-state index in [9.17, 15) is 0 Å². The van der Waals surface area contributed by atoms with Crippen molar-refractivity contribution in [2.24, 2.45) is 5.73 Å². The molecule has 1 aliphatic rings. The smallest absolute Gasteiger partial charge is 0.0402 e. The van der Waals surface area contributed by atoms with Crippen LogP contribution in [0, 0.1) is 6.92 Å². The molecule has 0 aliphatic carbocycles. The fourth-order valence-electron chi connectivity index (χ4n) is 2.52. The minimum Gasteiger partial charge on any atom is -0.371 e. The molecule has 1 heterocycles. The first-order valence-electron chi connectivity index (χ1n) is 5.66. The molecule has 0 radical (unpaired) electrons. The minimum absolute atomic E-state index is 0.284. The number of anilines is 1. The third-order valence-electron chi connectivity index (χ3n) is 3.40. The summed E-state index contributed by atoms with van der Waals surface area (Å²) in [7, 11) is 2.18. The number of hydrogen-bond donors (Lipinski definition) is 1. The van der Waals surface area contributed by atoms with Crippen molar-refractivity contribution >= 4 is 5.69 Å². The van der Waals surface area contributed by atoms with Gasteiger partial charge in [0.1, 0.15) is 0 Å². The molecular weight excluding hydrogens is 184 g/mol. The van der Waals surface area contributed by atoms with E-state index in [1.807, 2.05) is 0 Å². The molecule has 0 spiro atoms. The van der Waals surface area contributed by atoms with Crippen molar-refractivity contribution in [2.45, 2.75) is 38.8 Å². The van der Waals surface area contributed by atoms with Gasteiger partial charge < -0.3 is 10.6 Å². The van der Waals surface area contributed by atoms with Crippen LogP contribution >= 0.6 is 0 Å². The first-order valence-corrected chi connectivity index (χ1v) is 5.66. The molecule has 1 aromatic carbocycles. The van der Waals surface area contributed by atoms with Gasteiger partial charge in [-0.15, -0.1) is 0 Å². The number of hydrogen-bond acceptors (Lipinski definition) is 2. The lowest BCUT2D eigenvalue weighted by Crippen LogP contribution is -2.33. The summed E-state index contributed by atoms with van der Waals surface area (Å²) in [5.41, 5.74) is 10.2. The SMILES string of the molecule is Cc1cccc2c1CC(CC(C)N)N2C. The highest BCUT2D eigenvalue weighted by atomic mass is 15.2. The van der Waals surface area contributed by atoms with Crippen molar-refractivity contribution in [1.82, 2.24) is 0 Å². The fourth-order valence-corrected chi connectivity index (χ4v) is 2.52. The molecule has 2 rings (SSSR count). The summed E-state index contributed by atoms with van der Waals surface area (Å²) in [6.07, 6.45) is 2.23. The van der Waals surface area contributed by atoms with Crippen molar-refractivity contribution in [3.05, 3.63) is 29.3 Å². The van der Waals surface area contributed by atoms with E-state index in [1.54, 1.807) is 0 Å². The Bertz CT molecular complexity index is 358. The van der Waals surface area contributed by atoms with Crippen molar-refractivity contribution in [3.63, 3.8) is 0 Å². The first kappa shape index (κ1) is 10.5. The highest BCUT2D eigenvalue weighted by Crippen LogP contribution is 2.34. The van der Waals surface area contributed by atoms with Crippen LogP contribution in [0.1, 0.15) is 24.5 Å². The molecule has 2 N–H and O–H groups in total. The maximum absolute atomic E-state index is 5.88.